The molecule has 0 aliphatic heterocycles. The topological polar surface area (TPSA) is 9.23 Å². The van der Waals surface area contributed by atoms with E-state index < -0.39 is 0 Å². The van der Waals surface area contributed by atoms with Crippen LogP contribution in [0, 0.1) is 18.8 Å². The molecule has 0 aliphatic rings. The summed E-state index contributed by atoms with van der Waals surface area (Å²) in [5.41, 5.74) is 0.959. The summed E-state index contributed by atoms with van der Waals surface area (Å²) in [6, 6.07) is 7.55. The van der Waals surface area contributed by atoms with Crippen molar-refractivity contribution in [2.75, 3.05) is 7.11 Å². The van der Waals surface area contributed by atoms with Crippen LogP contribution in [0.25, 0.3) is 0 Å². The molecule has 0 aliphatic carbocycles. The molecular weight excluding hydrogens is 136 g/mol. The molecule has 0 unspecified atom stereocenters. The van der Waals surface area contributed by atoms with E-state index in [9.17, 15) is 0 Å². The van der Waals surface area contributed by atoms with Crippen LogP contribution in [0.2, 0.25) is 0 Å². The van der Waals surface area contributed by atoms with Gasteiger partial charge in [0.2, 0.25) is 0 Å². The summed E-state index contributed by atoms with van der Waals surface area (Å²) in [6.45, 7) is 3.43. The van der Waals surface area contributed by atoms with Gasteiger partial charge in [0.1, 0.15) is 5.75 Å². The van der Waals surface area contributed by atoms with Gasteiger partial charge < -0.3 is 4.74 Å². The lowest BCUT2D eigenvalue weighted by atomic mass is 10.2. The maximum absolute atomic E-state index is 4.98. The quantitative estimate of drug-likeness (QED) is 0.548. The fourth-order valence-corrected chi connectivity index (χ4v) is 0.776. The SMILES string of the molecule is [CH2]C#Cc1ccc(OC)cc1. The minimum absolute atomic E-state index is 0.847. The first-order valence-corrected chi connectivity index (χ1v) is 3.29. The van der Waals surface area contributed by atoms with Crippen molar-refractivity contribution in [3.05, 3.63) is 36.8 Å². The number of ether oxygens (including phenoxy) is 1. The van der Waals surface area contributed by atoms with Gasteiger partial charge in [-0.25, -0.2) is 0 Å². The first-order valence-electron chi connectivity index (χ1n) is 3.29. The summed E-state index contributed by atoms with van der Waals surface area (Å²) < 4.78 is 4.98. The second-order valence-electron chi connectivity index (χ2n) is 2.03. The Hall–Kier alpha value is -1.42. The van der Waals surface area contributed by atoms with E-state index in [2.05, 4.69) is 18.8 Å². The fourth-order valence-electron chi connectivity index (χ4n) is 0.776. The van der Waals surface area contributed by atoms with Crippen LogP contribution in [-0.4, -0.2) is 7.11 Å². The largest absolute Gasteiger partial charge is 0.497 e. The molecule has 55 valence electrons. The maximum Gasteiger partial charge on any atom is 0.118 e. The van der Waals surface area contributed by atoms with Gasteiger partial charge in [0, 0.05) is 12.5 Å². The summed E-state index contributed by atoms with van der Waals surface area (Å²) in [7, 11) is 1.64. The molecule has 0 amide bonds. The zero-order chi connectivity index (χ0) is 8.10. The van der Waals surface area contributed by atoms with Crippen LogP contribution in [0.1, 0.15) is 5.56 Å². The van der Waals surface area contributed by atoms with Crippen molar-refractivity contribution < 1.29 is 4.74 Å². The molecule has 0 spiro atoms. The third-order valence-electron chi connectivity index (χ3n) is 1.32. The van der Waals surface area contributed by atoms with Gasteiger partial charge >= 0.3 is 0 Å². The Morgan fingerprint density at radius 3 is 2.36 bits per heavy atom. The van der Waals surface area contributed by atoms with E-state index in [0.717, 1.165) is 11.3 Å². The molecule has 1 radical (unpaired) electrons. The number of rotatable bonds is 1. The Morgan fingerprint density at radius 1 is 1.27 bits per heavy atom. The van der Waals surface area contributed by atoms with E-state index in [1.165, 1.54) is 0 Å². The van der Waals surface area contributed by atoms with Crippen LogP contribution < -0.4 is 4.74 Å². The van der Waals surface area contributed by atoms with Crippen LogP contribution in [0.4, 0.5) is 0 Å². The van der Waals surface area contributed by atoms with Gasteiger partial charge in [0.05, 0.1) is 7.11 Å². The van der Waals surface area contributed by atoms with Crippen molar-refractivity contribution in [1.29, 1.82) is 0 Å². The van der Waals surface area contributed by atoms with E-state index in [-0.39, 0.29) is 0 Å². The highest BCUT2D eigenvalue weighted by Crippen LogP contribution is 2.09. The van der Waals surface area contributed by atoms with Crippen LogP contribution in [0.5, 0.6) is 5.75 Å². The molecule has 1 heteroatoms. The molecule has 0 saturated carbocycles. The summed E-state index contributed by atoms with van der Waals surface area (Å²) in [5.74, 6) is 6.27. The number of methoxy groups -OCH3 is 1. The number of benzene rings is 1. The normalized spacial score (nSPS) is 8.18. The van der Waals surface area contributed by atoms with Crippen LogP contribution >= 0.6 is 0 Å². The van der Waals surface area contributed by atoms with Gasteiger partial charge in [-0.3, -0.25) is 0 Å². The highest BCUT2D eigenvalue weighted by molar-refractivity contribution is 5.38. The minimum Gasteiger partial charge on any atom is -0.497 e. The van der Waals surface area contributed by atoms with Gasteiger partial charge in [-0.1, -0.05) is 11.8 Å². The number of hydrogen-bond acceptors (Lipinski definition) is 1. The lowest BCUT2D eigenvalue weighted by Gasteiger charge is -1.96. The predicted molar refractivity (Wildman–Crippen MR) is 45.2 cm³/mol. The molecule has 0 saturated heterocycles. The van der Waals surface area contributed by atoms with E-state index in [0.29, 0.717) is 0 Å². The Labute approximate surface area is 67.0 Å². The maximum atomic E-state index is 4.98. The van der Waals surface area contributed by atoms with Crippen molar-refractivity contribution in [1.82, 2.24) is 0 Å². The van der Waals surface area contributed by atoms with Gasteiger partial charge in [-0.15, -0.1) is 0 Å². The lowest BCUT2D eigenvalue weighted by molar-refractivity contribution is 0.415. The van der Waals surface area contributed by atoms with Gasteiger partial charge in [-0.05, 0) is 24.3 Å². The monoisotopic (exact) mass is 145 g/mol. The van der Waals surface area contributed by atoms with Crippen LogP contribution in [0.3, 0.4) is 0 Å². The van der Waals surface area contributed by atoms with Gasteiger partial charge in [-0.2, -0.15) is 0 Å². The van der Waals surface area contributed by atoms with Crippen molar-refractivity contribution >= 4 is 0 Å². The molecule has 1 nitrogen and oxygen atoms in total. The average molecular weight is 145 g/mol. The molecular formula is C10H9O. The Kier molecular flexibility index (Phi) is 2.57. The van der Waals surface area contributed by atoms with Crippen molar-refractivity contribution in [2.45, 2.75) is 0 Å². The molecule has 1 rings (SSSR count). The van der Waals surface area contributed by atoms with Gasteiger partial charge in [0.25, 0.3) is 0 Å². The summed E-state index contributed by atoms with van der Waals surface area (Å²) in [5, 5.41) is 0. The molecule has 0 N–H and O–H groups in total. The van der Waals surface area contributed by atoms with E-state index >= 15 is 0 Å². The van der Waals surface area contributed by atoms with E-state index in [1.807, 2.05) is 24.3 Å². The van der Waals surface area contributed by atoms with E-state index in [1.54, 1.807) is 7.11 Å². The molecule has 0 aromatic heterocycles. The summed E-state index contributed by atoms with van der Waals surface area (Å²) in [4.78, 5) is 0. The van der Waals surface area contributed by atoms with Crippen molar-refractivity contribution in [3.63, 3.8) is 0 Å². The number of hydrogen-bond donors (Lipinski definition) is 0. The molecule has 1 aromatic carbocycles. The second kappa shape index (κ2) is 3.68. The lowest BCUT2D eigenvalue weighted by Crippen LogP contribution is -1.81. The van der Waals surface area contributed by atoms with E-state index in [4.69, 9.17) is 4.74 Å². The van der Waals surface area contributed by atoms with Crippen LogP contribution in [-0.2, 0) is 0 Å². The van der Waals surface area contributed by atoms with Gasteiger partial charge in [0.15, 0.2) is 0 Å². The molecule has 0 atom stereocenters. The standard InChI is InChI=1S/C10H9O/c1-3-4-9-5-7-10(11-2)8-6-9/h5-8H,1H2,2H3. The third-order valence-corrected chi connectivity index (χ3v) is 1.32. The summed E-state index contributed by atoms with van der Waals surface area (Å²) in [6.07, 6.45) is 0. The molecule has 0 bridgehead atoms. The second-order valence-corrected chi connectivity index (χ2v) is 2.03. The third kappa shape index (κ3) is 2.01. The van der Waals surface area contributed by atoms with Crippen molar-refractivity contribution in [3.8, 4) is 17.6 Å². The zero-order valence-electron chi connectivity index (χ0n) is 6.42. The molecule has 1 aromatic rings. The highest BCUT2D eigenvalue weighted by atomic mass is 16.5. The first kappa shape index (κ1) is 7.68. The molecule has 0 fully saturated rings. The highest BCUT2D eigenvalue weighted by Gasteiger charge is 1.88. The zero-order valence-corrected chi connectivity index (χ0v) is 6.42. The average Bonchev–Trinajstić information content (AvgIpc) is 2.07. The Morgan fingerprint density at radius 2 is 1.91 bits per heavy atom. The molecule has 11 heavy (non-hydrogen) atoms. The first-order chi connectivity index (χ1) is 5.36. The van der Waals surface area contributed by atoms with Crippen LogP contribution in [0.15, 0.2) is 24.3 Å². The fraction of sp³-hybridized carbons (Fsp3) is 0.100. The Bertz CT molecular complexity index is 274. The smallest absolute Gasteiger partial charge is 0.118 e. The minimum atomic E-state index is 0.847. The van der Waals surface area contributed by atoms with Crippen molar-refractivity contribution in [2.24, 2.45) is 0 Å². The molecule has 0 heterocycles. The Balaban J connectivity index is 2.88. The summed E-state index contributed by atoms with van der Waals surface area (Å²) >= 11 is 0. The predicted octanol–water partition coefficient (Wildman–Crippen LogP) is 1.88.